The maximum atomic E-state index is 11.5. The summed E-state index contributed by atoms with van der Waals surface area (Å²) in [5, 5.41) is 11.5. The van der Waals surface area contributed by atoms with Gasteiger partial charge in [0.25, 0.3) is 0 Å². The van der Waals surface area contributed by atoms with Gasteiger partial charge in [0, 0.05) is 6.04 Å². The number of carboxylic acid groups (broad SMARTS) is 1. The van der Waals surface area contributed by atoms with Crippen molar-refractivity contribution in [3.05, 3.63) is 23.7 Å². The number of likely N-dealkylation sites (N-methyl/N-ethyl adjacent to an activating group) is 1. The molecule has 0 saturated heterocycles. The van der Waals surface area contributed by atoms with Crippen LogP contribution in [0, 0.1) is 0 Å². The van der Waals surface area contributed by atoms with Crippen LogP contribution in [0.5, 0.6) is 0 Å². The van der Waals surface area contributed by atoms with E-state index < -0.39 is 5.97 Å². The van der Waals surface area contributed by atoms with Gasteiger partial charge in [-0.3, -0.25) is 9.69 Å². The first kappa shape index (κ1) is 14.2. The fourth-order valence-electron chi connectivity index (χ4n) is 1.51. The average molecular weight is 254 g/mol. The second-order valence-electron chi connectivity index (χ2n) is 4.50. The molecular formula is C12H18N2O4. The fourth-order valence-corrected chi connectivity index (χ4v) is 1.51. The third-order valence-corrected chi connectivity index (χ3v) is 2.19. The number of aromatic carboxylic acids is 1. The first-order chi connectivity index (χ1) is 8.38. The van der Waals surface area contributed by atoms with Crippen molar-refractivity contribution in [3.63, 3.8) is 0 Å². The molecule has 0 aliphatic carbocycles. The second-order valence-corrected chi connectivity index (χ2v) is 4.50. The fraction of sp³-hybridized carbons (Fsp3) is 0.500. The highest BCUT2D eigenvalue weighted by Gasteiger charge is 2.12. The van der Waals surface area contributed by atoms with Gasteiger partial charge in [0.05, 0.1) is 18.7 Å². The number of carbonyl (C=O) groups is 2. The van der Waals surface area contributed by atoms with E-state index in [9.17, 15) is 9.59 Å². The molecule has 0 bridgehead atoms. The van der Waals surface area contributed by atoms with Gasteiger partial charge in [-0.15, -0.1) is 0 Å². The Morgan fingerprint density at radius 3 is 2.67 bits per heavy atom. The minimum Gasteiger partial charge on any atom is -0.478 e. The number of hydrogen-bond acceptors (Lipinski definition) is 4. The maximum Gasteiger partial charge on any atom is 0.338 e. The summed E-state index contributed by atoms with van der Waals surface area (Å²) in [6, 6.07) is 1.56. The van der Waals surface area contributed by atoms with Crippen LogP contribution in [0.25, 0.3) is 0 Å². The number of carboxylic acids is 1. The monoisotopic (exact) mass is 254 g/mol. The van der Waals surface area contributed by atoms with Crippen molar-refractivity contribution in [3.8, 4) is 0 Å². The molecular weight excluding hydrogens is 236 g/mol. The minimum absolute atomic E-state index is 0.0717. The second kappa shape index (κ2) is 6.20. The Morgan fingerprint density at radius 1 is 1.50 bits per heavy atom. The summed E-state index contributed by atoms with van der Waals surface area (Å²) in [5.74, 6) is -0.574. The highest BCUT2D eigenvalue weighted by molar-refractivity contribution is 5.87. The average Bonchev–Trinajstić information content (AvgIpc) is 2.63. The summed E-state index contributed by atoms with van der Waals surface area (Å²) >= 11 is 0. The first-order valence-corrected chi connectivity index (χ1v) is 5.67. The predicted octanol–water partition coefficient (Wildman–Crippen LogP) is 0.934. The van der Waals surface area contributed by atoms with Crippen molar-refractivity contribution < 1.29 is 19.1 Å². The van der Waals surface area contributed by atoms with Crippen molar-refractivity contribution in [2.75, 3.05) is 13.6 Å². The molecule has 2 N–H and O–H groups in total. The lowest BCUT2D eigenvalue weighted by Crippen LogP contribution is -2.38. The molecule has 0 saturated carbocycles. The van der Waals surface area contributed by atoms with Gasteiger partial charge in [-0.1, -0.05) is 0 Å². The number of furan rings is 1. The van der Waals surface area contributed by atoms with Crippen LogP contribution in [-0.4, -0.2) is 41.5 Å². The summed E-state index contributed by atoms with van der Waals surface area (Å²) in [5.41, 5.74) is 0.116. The Bertz CT molecular complexity index is 425. The standard InChI is InChI=1S/C12H18N2O4/c1-8(2)13-11(15)6-14(3)5-10-4-9(7-18-10)12(16)17/h4,7-8H,5-6H2,1-3H3,(H,13,15)(H,16,17). The normalized spacial score (nSPS) is 10.9. The first-order valence-electron chi connectivity index (χ1n) is 5.67. The zero-order valence-electron chi connectivity index (χ0n) is 10.8. The van der Waals surface area contributed by atoms with E-state index in [4.69, 9.17) is 9.52 Å². The Morgan fingerprint density at radius 2 is 2.17 bits per heavy atom. The molecule has 6 nitrogen and oxygen atoms in total. The van der Waals surface area contributed by atoms with E-state index in [1.165, 1.54) is 12.3 Å². The zero-order chi connectivity index (χ0) is 13.7. The van der Waals surface area contributed by atoms with Crippen molar-refractivity contribution in [2.45, 2.75) is 26.4 Å². The molecule has 0 atom stereocenters. The van der Waals surface area contributed by atoms with Crippen LogP contribution in [-0.2, 0) is 11.3 Å². The highest BCUT2D eigenvalue weighted by Crippen LogP contribution is 2.09. The lowest BCUT2D eigenvalue weighted by atomic mass is 10.3. The molecule has 0 aliphatic rings. The van der Waals surface area contributed by atoms with Crippen LogP contribution < -0.4 is 5.32 Å². The van der Waals surface area contributed by atoms with Crippen molar-refractivity contribution in [1.82, 2.24) is 10.2 Å². The number of nitrogens with one attached hydrogen (secondary N) is 1. The summed E-state index contributed by atoms with van der Waals surface area (Å²) in [4.78, 5) is 23.9. The van der Waals surface area contributed by atoms with E-state index in [-0.39, 0.29) is 24.1 Å². The van der Waals surface area contributed by atoms with E-state index in [2.05, 4.69) is 5.32 Å². The molecule has 18 heavy (non-hydrogen) atoms. The number of rotatable bonds is 6. The molecule has 1 heterocycles. The number of carbonyl (C=O) groups excluding carboxylic acids is 1. The number of hydrogen-bond donors (Lipinski definition) is 2. The van der Waals surface area contributed by atoms with Crippen LogP contribution in [0.1, 0.15) is 30.0 Å². The summed E-state index contributed by atoms with van der Waals surface area (Å²) < 4.78 is 5.11. The number of nitrogens with zero attached hydrogens (tertiary/aromatic N) is 1. The Hall–Kier alpha value is -1.82. The Labute approximate surface area is 106 Å². The van der Waals surface area contributed by atoms with Crippen molar-refractivity contribution in [1.29, 1.82) is 0 Å². The lowest BCUT2D eigenvalue weighted by Gasteiger charge is -2.16. The summed E-state index contributed by atoms with van der Waals surface area (Å²) in [7, 11) is 1.77. The Balaban J connectivity index is 2.46. The molecule has 0 unspecified atom stereocenters. The van der Waals surface area contributed by atoms with Crippen LogP contribution in [0.4, 0.5) is 0 Å². The van der Waals surface area contributed by atoms with Gasteiger partial charge in [0.15, 0.2) is 0 Å². The summed E-state index contributed by atoms with van der Waals surface area (Å²) in [6.07, 6.45) is 1.19. The van der Waals surface area contributed by atoms with Crippen LogP contribution in [0.15, 0.2) is 16.7 Å². The van der Waals surface area contributed by atoms with Gasteiger partial charge < -0.3 is 14.8 Å². The molecule has 0 spiro atoms. The maximum absolute atomic E-state index is 11.5. The van der Waals surface area contributed by atoms with Gasteiger partial charge in [0.2, 0.25) is 5.91 Å². The molecule has 0 radical (unpaired) electrons. The lowest BCUT2D eigenvalue weighted by molar-refractivity contribution is -0.122. The van der Waals surface area contributed by atoms with Crippen molar-refractivity contribution in [2.24, 2.45) is 0 Å². The topological polar surface area (TPSA) is 82.8 Å². The number of amides is 1. The van der Waals surface area contributed by atoms with E-state index in [0.29, 0.717) is 12.3 Å². The van der Waals surface area contributed by atoms with Gasteiger partial charge >= 0.3 is 5.97 Å². The predicted molar refractivity (Wildman–Crippen MR) is 65.3 cm³/mol. The summed E-state index contributed by atoms with van der Waals surface area (Å²) in [6.45, 7) is 4.41. The smallest absolute Gasteiger partial charge is 0.338 e. The van der Waals surface area contributed by atoms with E-state index >= 15 is 0 Å². The third kappa shape index (κ3) is 4.58. The minimum atomic E-state index is -1.02. The third-order valence-electron chi connectivity index (χ3n) is 2.19. The van der Waals surface area contributed by atoms with Gasteiger partial charge in [-0.25, -0.2) is 4.79 Å². The molecule has 0 aromatic carbocycles. The SMILES string of the molecule is CC(C)NC(=O)CN(C)Cc1cc(C(=O)O)co1. The molecule has 1 rings (SSSR count). The van der Waals surface area contributed by atoms with E-state index in [1.54, 1.807) is 11.9 Å². The molecule has 0 fully saturated rings. The largest absolute Gasteiger partial charge is 0.478 e. The van der Waals surface area contributed by atoms with Crippen molar-refractivity contribution >= 4 is 11.9 Å². The van der Waals surface area contributed by atoms with Gasteiger partial charge in [-0.2, -0.15) is 0 Å². The molecule has 100 valence electrons. The zero-order valence-corrected chi connectivity index (χ0v) is 10.8. The van der Waals surface area contributed by atoms with Gasteiger partial charge in [0.1, 0.15) is 12.0 Å². The van der Waals surface area contributed by atoms with Crippen LogP contribution in [0.2, 0.25) is 0 Å². The molecule has 1 amide bonds. The Kier molecular flexibility index (Phi) is 4.91. The van der Waals surface area contributed by atoms with Crippen LogP contribution >= 0.6 is 0 Å². The molecule has 0 aliphatic heterocycles. The van der Waals surface area contributed by atoms with E-state index in [0.717, 1.165) is 0 Å². The van der Waals surface area contributed by atoms with Crippen LogP contribution in [0.3, 0.4) is 0 Å². The quantitative estimate of drug-likeness (QED) is 0.789. The highest BCUT2D eigenvalue weighted by atomic mass is 16.4. The molecule has 6 heteroatoms. The molecule has 1 aromatic heterocycles. The van der Waals surface area contributed by atoms with E-state index in [1.807, 2.05) is 13.8 Å². The van der Waals surface area contributed by atoms with Gasteiger partial charge in [-0.05, 0) is 27.0 Å². The molecule has 1 aromatic rings.